The van der Waals surface area contributed by atoms with Crippen LogP contribution in [0, 0.1) is 0 Å². The van der Waals surface area contributed by atoms with E-state index < -0.39 is 0 Å². The van der Waals surface area contributed by atoms with E-state index in [-0.39, 0.29) is 0 Å². The molecular formula is C11H16N2. The van der Waals surface area contributed by atoms with Crippen molar-refractivity contribution in [3.8, 4) is 0 Å². The highest BCUT2D eigenvalue weighted by Crippen LogP contribution is 2.15. The van der Waals surface area contributed by atoms with Crippen molar-refractivity contribution in [3.05, 3.63) is 35.4 Å². The number of hydrogen-bond acceptors (Lipinski definition) is 2. The van der Waals surface area contributed by atoms with Crippen LogP contribution in [-0.2, 0) is 6.42 Å². The van der Waals surface area contributed by atoms with Crippen molar-refractivity contribution >= 4 is 11.8 Å². The Bertz CT molecular complexity index is 303. The number of nitrogen functional groups attached to an aromatic ring is 1. The van der Waals surface area contributed by atoms with Crippen molar-refractivity contribution in [1.29, 1.82) is 0 Å². The second kappa shape index (κ2) is 4.67. The summed E-state index contributed by atoms with van der Waals surface area (Å²) in [5, 5.41) is 0. The van der Waals surface area contributed by atoms with Crippen molar-refractivity contribution in [2.24, 2.45) is 5.73 Å². The van der Waals surface area contributed by atoms with Crippen molar-refractivity contribution in [3.63, 3.8) is 0 Å². The van der Waals surface area contributed by atoms with Gasteiger partial charge in [-0.05, 0) is 29.7 Å². The van der Waals surface area contributed by atoms with Crippen LogP contribution in [0.25, 0.3) is 6.08 Å². The second-order valence-corrected chi connectivity index (χ2v) is 2.95. The first-order valence-corrected chi connectivity index (χ1v) is 4.53. The molecule has 0 aromatic heterocycles. The Balaban J connectivity index is 2.92. The zero-order valence-corrected chi connectivity index (χ0v) is 7.96. The van der Waals surface area contributed by atoms with Crippen LogP contribution in [0.5, 0.6) is 0 Å². The number of anilines is 1. The van der Waals surface area contributed by atoms with Crippen LogP contribution >= 0.6 is 0 Å². The van der Waals surface area contributed by atoms with Crippen LogP contribution in [0.4, 0.5) is 5.69 Å². The molecule has 0 radical (unpaired) electrons. The van der Waals surface area contributed by atoms with Gasteiger partial charge in [0, 0.05) is 12.2 Å². The molecule has 0 aliphatic rings. The molecule has 1 aromatic rings. The first-order valence-electron chi connectivity index (χ1n) is 4.53. The van der Waals surface area contributed by atoms with Gasteiger partial charge >= 0.3 is 0 Å². The average Bonchev–Trinajstić information content (AvgIpc) is 2.16. The summed E-state index contributed by atoms with van der Waals surface area (Å²) in [5.74, 6) is 0. The van der Waals surface area contributed by atoms with Gasteiger partial charge in [0.15, 0.2) is 0 Å². The minimum atomic E-state index is 0.575. The summed E-state index contributed by atoms with van der Waals surface area (Å²) in [6.45, 7) is 2.67. The van der Waals surface area contributed by atoms with Crippen molar-refractivity contribution in [2.45, 2.75) is 13.3 Å². The molecule has 0 saturated carbocycles. The Kier molecular flexibility index (Phi) is 3.53. The van der Waals surface area contributed by atoms with E-state index in [2.05, 4.69) is 13.0 Å². The predicted octanol–water partition coefficient (Wildman–Crippen LogP) is 1.80. The predicted molar refractivity (Wildman–Crippen MR) is 58.3 cm³/mol. The van der Waals surface area contributed by atoms with E-state index in [1.165, 1.54) is 5.56 Å². The van der Waals surface area contributed by atoms with Crippen LogP contribution in [0.3, 0.4) is 0 Å². The van der Waals surface area contributed by atoms with Crippen LogP contribution in [0.1, 0.15) is 18.1 Å². The maximum absolute atomic E-state index is 5.78. The SMILES string of the molecule is CCc1cc(C=CCN)ccc1N. The summed E-state index contributed by atoms with van der Waals surface area (Å²) in [5.41, 5.74) is 14.4. The molecule has 0 fully saturated rings. The maximum atomic E-state index is 5.78. The summed E-state index contributed by atoms with van der Waals surface area (Å²) >= 11 is 0. The number of hydrogen-bond donors (Lipinski definition) is 2. The summed E-state index contributed by atoms with van der Waals surface area (Å²) in [4.78, 5) is 0. The number of benzene rings is 1. The topological polar surface area (TPSA) is 52.0 Å². The van der Waals surface area contributed by atoms with Crippen LogP contribution < -0.4 is 11.5 Å². The molecule has 4 N–H and O–H groups in total. The van der Waals surface area contributed by atoms with E-state index in [4.69, 9.17) is 11.5 Å². The highest BCUT2D eigenvalue weighted by molar-refractivity contribution is 5.57. The molecule has 0 bridgehead atoms. The lowest BCUT2D eigenvalue weighted by molar-refractivity contribution is 1.14. The average molecular weight is 176 g/mol. The Morgan fingerprint density at radius 1 is 1.38 bits per heavy atom. The highest BCUT2D eigenvalue weighted by Gasteiger charge is 1.95. The van der Waals surface area contributed by atoms with Crippen LogP contribution in [-0.4, -0.2) is 6.54 Å². The maximum Gasteiger partial charge on any atom is 0.0346 e. The van der Waals surface area contributed by atoms with Gasteiger partial charge in [0.2, 0.25) is 0 Å². The minimum absolute atomic E-state index is 0.575. The third kappa shape index (κ3) is 2.60. The van der Waals surface area contributed by atoms with Gasteiger partial charge in [0.25, 0.3) is 0 Å². The van der Waals surface area contributed by atoms with Gasteiger partial charge in [-0.1, -0.05) is 25.1 Å². The second-order valence-electron chi connectivity index (χ2n) is 2.95. The first kappa shape index (κ1) is 9.81. The summed E-state index contributed by atoms with van der Waals surface area (Å²) in [7, 11) is 0. The molecule has 2 nitrogen and oxygen atoms in total. The van der Waals surface area contributed by atoms with Gasteiger partial charge in [-0.15, -0.1) is 0 Å². The molecule has 13 heavy (non-hydrogen) atoms. The Morgan fingerprint density at radius 2 is 2.15 bits per heavy atom. The molecule has 1 aromatic carbocycles. The lowest BCUT2D eigenvalue weighted by atomic mass is 10.1. The molecular weight excluding hydrogens is 160 g/mol. The molecule has 1 rings (SSSR count). The van der Waals surface area contributed by atoms with Crippen LogP contribution in [0.2, 0.25) is 0 Å². The molecule has 2 heteroatoms. The Labute approximate surface area is 79.2 Å². The van der Waals surface area contributed by atoms with Gasteiger partial charge in [0.05, 0.1) is 0 Å². The Hall–Kier alpha value is -1.28. The van der Waals surface area contributed by atoms with E-state index in [1.54, 1.807) is 0 Å². The van der Waals surface area contributed by atoms with Gasteiger partial charge in [0.1, 0.15) is 0 Å². The molecule has 0 atom stereocenters. The third-order valence-corrected chi connectivity index (χ3v) is 1.99. The van der Waals surface area contributed by atoms with Gasteiger partial charge in [-0.2, -0.15) is 0 Å². The summed E-state index contributed by atoms with van der Waals surface area (Å²) in [6, 6.07) is 6.04. The monoisotopic (exact) mass is 176 g/mol. The Morgan fingerprint density at radius 3 is 2.77 bits per heavy atom. The standard InChI is InChI=1S/C11H16N2/c1-2-10-8-9(4-3-7-12)5-6-11(10)13/h3-6,8H,2,7,12-13H2,1H3. The summed E-state index contributed by atoms with van der Waals surface area (Å²) in [6.07, 6.45) is 4.92. The zero-order chi connectivity index (χ0) is 9.68. The van der Waals surface area contributed by atoms with Crippen molar-refractivity contribution in [2.75, 3.05) is 12.3 Å². The number of rotatable bonds is 3. The molecule has 0 unspecified atom stereocenters. The molecule has 0 amide bonds. The molecule has 0 spiro atoms. The minimum Gasteiger partial charge on any atom is -0.399 e. The normalized spacial score (nSPS) is 10.9. The van der Waals surface area contributed by atoms with E-state index in [9.17, 15) is 0 Å². The molecule has 70 valence electrons. The highest BCUT2D eigenvalue weighted by atomic mass is 14.6. The smallest absolute Gasteiger partial charge is 0.0346 e. The van der Waals surface area contributed by atoms with Crippen molar-refractivity contribution < 1.29 is 0 Å². The van der Waals surface area contributed by atoms with E-state index >= 15 is 0 Å². The van der Waals surface area contributed by atoms with E-state index in [1.807, 2.05) is 24.3 Å². The molecule has 0 saturated heterocycles. The molecule has 0 aliphatic carbocycles. The lowest BCUT2D eigenvalue weighted by Gasteiger charge is -2.03. The largest absolute Gasteiger partial charge is 0.399 e. The first-order chi connectivity index (χ1) is 6.27. The van der Waals surface area contributed by atoms with E-state index in [0.29, 0.717) is 6.54 Å². The molecule has 0 heterocycles. The third-order valence-electron chi connectivity index (χ3n) is 1.99. The fourth-order valence-electron chi connectivity index (χ4n) is 1.24. The van der Waals surface area contributed by atoms with Crippen LogP contribution in [0.15, 0.2) is 24.3 Å². The quantitative estimate of drug-likeness (QED) is 0.690. The number of aryl methyl sites for hydroxylation is 1. The lowest BCUT2D eigenvalue weighted by Crippen LogP contribution is -1.94. The van der Waals surface area contributed by atoms with E-state index in [0.717, 1.165) is 17.7 Å². The van der Waals surface area contributed by atoms with Gasteiger partial charge < -0.3 is 11.5 Å². The zero-order valence-electron chi connectivity index (χ0n) is 7.96. The summed E-state index contributed by atoms with van der Waals surface area (Å²) < 4.78 is 0. The fourth-order valence-corrected chi connectivity index (χ4v) is 1.24. The van der Waals surface area contributed by atoms with Gasteiger partial charge in [-0.3, -0.25) is 0 Å². The fraction of sp³-hybridized carbons (Fsp3) is 0.273. The van der Waals surface area contributed by atoms with Gasteiger partial charge in [-0.25, -0.2) is 0 Å². The number of nitrogens with two attached hydrogens (primary N) is 2. The molecule has 0 aliphatic heterocycles. The van der Waals surface area contributed by atoms with Crippen molar-refractivity contribution in [1.82, 2.24) is 0 Å².